The van der Waals surface area contributed by atoms with E-state index in [1.54, 1.807) is 7.11 Å². The zero-order valence-electron chi connectivity index (χ0n) is 13.9. The van der Waals surface area contributed by atoms with E-state index in [9.17, 15) is 0 Å². The lowest BCUT2D eigenvalue weighted by Gasteiger charge is -2.33. The second-order valence-corrected chi connectivity index (χ2v) is 5.77. The molecule has 0 saturated heterocycles. The third-order valence-electron chi connectivity index (χ3n) is 3.74. The second kappa shape index (κ2) is 9.21. The number of halogens is 1. The normalized spacial score (nSPS) is 11.4. The number of alkyl halides is 1. The Morgan fingerprint density at radius 3 is 2.43 bits per heavy atom. The summed E-state index contributed by atoms with van der Waals surface area (Å²) in [5.41, 5.74) is 1.96. The van der Waals surface area contributed by atoms with Crippen LogP contribution in [0.3, 0.4) is 0 Å². The molecule has 120 valence electrons. The molecule has 1 heterocycles. The molecular formula is C16H28ClN3O. The van der Waals surface area contributed by atoms with E-state index in [0.717, 1.165) is 36.6 Å². The summed E-state index contributed by atoms with van der Waals surface area (Å²) in [6.07, 6.45) is 4.08. The van der Waals surface area contributed by atoms with Gasteiger partial charge >= 0.3 is 0 Å². The highest BCUT2D eigenvalue weighted by Gasteiger charge is 2.20. The van der Waals surface area contributed by atoms with Crippen LogP contribution in [0.4, 0.5) is 5.69 Å². The largest absolute Gasteiger partial charge is 0.383 e. The number of hydrogen-bond donors (Lipinski definition) is 0. The van der Waals surface area contributed by atoms with E-state index in [4.69, 9.17) is 16.3 Å². The summed E-state index contributed by atoms with van der Waals surface area (Å²) >= 11 is 6.13. The monoisotopic (exact) mass is 313 g/mol. The van der Waals surface area contributed by atoms with Gasteiger partial charge in [-0.2, -0.15) is 0 Å². The van der Waals surface area contributed by atoms with Gasteiger partial charge in [-0.15, -0.1) is 11.6 Å². The fraction of sp³-hybridized carbons (Fsp3) is 0.750. The van der Waals surface area contributed by atoms with Gasteiger partial charge < -0.3 is 9.64 Å². The van der Waals surface area contributed by atoms with Crippen molar-refractivity contribution in [3.8, 4) is 0 Å². The Balaban J connectivity index is 3.16. The first-order chi connectivity index (χ1) is 10.1. The van der Waals surface area contributed by atoms with E-state index in [1.165, 1.54) is 0 Å². The number of rotatable bonds is 9. The molecule has 0 aromatic carbocycles. The van der Waals surface area contributed by atoms with Gasteiger partial charge in [0, 0.05) is 25.6 Å². The highest BCUT2D eigenvalue weighted by atomic mass is 35.5. The van der Waals surface area contributed by atoms with Crippen LogP contribution in [-0.2, 0) is 10.6 Å². The first kappa shape index (κ1) is 18.2. The van der Waals surface area contributed by atoms with Gasteiger partial charge in [0.1, 0.15) is 5.82 Å². The van der Waals surface area contributed by atoms with Crippen molar-refractivity contribution in [1.29, 1.82) is 0 Å². The molecule has 0 saturated carbocycles. The van der Waals surface area contributed by atoms with Gasteiger partial charge in [-0.1, -0.05) is 27.7 Å². The molecule has 0 aliphatic heterocycles. The molecule has 0 unspecified atom stereocenters. The fourth-order valence-corrected chi connectivity index (χ4v) is 2.66. The maximum atomic E-state index is 6.13. The topological polar surface area (TPSA) is 38.2 Å². The molecule has 4 nitrogen and oxygen atoms in total. The minimum absolute atomic E-state index is 0.307. The molecule has 1 aromatic heterocycles. The van der Waals surface area contributed by atoms with Gasteiger partial charge in [-0.3, -0.25) is 0 Å². The maximum absolute atomic E-state index is 6.13. The Bertz CT molecular complexity index is 422. The van der Waals surface area contributed by atoms with Crippen LogP contribution >= 0.6 is 11.6 Å². The van der Waals surface area contributed by atoms with E-state index in [2.05, 4.69) is 42.6 Å². The zero-order chi connectivity index (χ0) is 15.8. The zero-order valence-corrected chi connectivity index (χ0v) is 14.7. The van der Waals surface area contributed by atoms with Crippen molar-refractivity contribution in [2.45, 2.75) is 58.4 Å². The number of aromatic nitrogens is 2. The third-order valence-corrected chi connectivity index (χ3v) is 3.99. The third kappa shape index (κ3) is 4.82. The number of ether oxygens (including phenoxy) is 1. The van der Waals surface area contributed by atoms with Crippen molar-refractivity contribution in [3.63, 3.8) is 0 Å². The van der Waals surface area contributed by atoms with Crippen LogP contribution in [0.15, 0.2) is 6.20 Å². The molecule has 0 fully saturated rings. The van der Waals surface area contributed by atoms with E-state index < -0.39 is 0 Å². The summed E-state index contributed by atoms with van der Waals surface area (Å²) < 4.78 is 5.25. The summed E-state index contributed by atoms with van der Waals surface area (Å²) in [4.78, 5) is 11.5. The summed E-state index contributed by atoms with van der Waals surface area (Å²) in [6.45, 7) is 10.1. The van der Waals surface area contributed by atoms with Crippen LogP contribution in [0.5, 0.6) is 0 Å². The summed E-state index contributed by atoms with van der Waals surface area (Å²) in [5.74, 6) is 1.56. The van der Waals surface area contributed by atoms with Gasteiger partial charge in [0.2, 0.25) is 0 Å². The SMILES string of the molecule is CCC(CC)N(CCOC)c1cnc(C(C)C)nc1CCl. The molecule has 1 rings (SSSR count). The predicted molar refractivity (Wildman–Crippen MR) is 89.3 cm³/mol. The average Bonchev–Trinajstić information content (AvgIpc) is 2.50. The lowest BCUT2D eigenvalue weighted by atomic mass is 10.1. The molecule has 0 N–H and O–H groups in total. The molecule has 0 bridgehead atoms. The minimum atomic E-state index is 0.307. The Kier molecular flexibility index (Phi) is 7.97. The molecule has 5 heteroatoms. The standard InChI is InChI=1S/C16H28ClN3O/c1-6-13(7-2)20(8-9-21-5)15-11-18-16(12(3)4)19-14(15)10-17/h11-13H,6-10H2,1-5H3. The van der Waals surface area contributed by atoms with E-state index in [1.807, 2.05) is 6.20 Å². The molecule has 1 aromatic rings. The van der Waals surface area contributed by atoms with Crippen molar-refractivity contribution in [1.82, 2.24) is 9.97 Å². The van der Waals surface area contributed by atoms with Crippen LogP contribution < -0.4 is 4.90 Å². The van der Waals surface area contributed by atoms with Crippen molar-refractivity contribution >= 4 is 17.3 Å². The minimum Gasteiger partial charge on any atom is -0.383 e. The van der Waals surface area contributed by atoms with Crippen LogP contribution in [0.1, 0.15) is 58.0 Å². The van der Waals surface area contributed by atoms with Crippen LogP contribution in [-0.4, -0.2) is 36.3 Å². The fourth-order valence-electron chi connectivity index (χ4n) is 2.46. The Labute approximate surface area is 133 Å². The Morgan fingerprint density at radius 1 is 1.29 bits per heavy atom. The molecule has 21 heavy (non-hydrogen) atoms. The summed E-state index contributed by atoms with van der Waals surface area (Å²) in [7, 11) is 1.73. The number of hydrogen-bond acceptors (Lipinski definition) is 4. The average molecular weight is 314 g/mol. The van der Waals surface area contributed by atoms with Crippen molar-refractivity contribution in [2.75, 3.05) is 25.2 Å². The van der Waals surface area contributed by atoms with Crippen LogP contribution in [0, 0.1) is 0 Å². The molecule has 0 aliphatic rings. The predicted octanol–water partition coefficient (Wildman–Crippen LogP) is 3.98. The number of anilines is 1. The molecule has 0 radical (unpaired) electrons. The maximum Gasteiger partial charge on any atom is 0.131 e. The molecule has 0 aliphatic carbocycles. The first-order valence-electron chi connectivity index (χ1n) is 7.76. The lowest BCUT2D eigenvalue weighted by Crippen LogP contribution is -2.38. The van der Waals surface area contributed by atoms with E-state index >= 15 is 0 Å². The summed E-state index contributed by atoms with van der Waals surface area (Å²) in [6, 6.07) is 0.454. The van der Waals surface area contributed by atoms with Crippen molar-refractivity contribution < 1.29 is 4.74 Å². The summed E-state index contributed by atoms with van der Waals surface area (Å²) in [5, 5.41) is 0. The van der Waals surface area contributed by atoms with E-state index in [-0.39, 0.29) is 0 Å². The van der Waals surface area contributed by atoms with Gasteiger partial charge in [-0.25, -0.2) is 9.97 Å². The van der Waals surface area contributed by atoms with Crippen molar-refractivity contribution in [3.05, 3.63) is 17.7 Å². The van der Waals surface area contributed by atoms with Crippen molar-refractivity contribution in [2.24, 2.45) is 0 Å². The lowest BCUT2D eigenvalue weighted by molar-refractivity contribution is 0.202. The number of nitrogens with zero attached hydrogens (tertiary/aromatic N) is 3. The van der Waals surface area contributed by atoms with Gasteiger partial charge in [0.25, 0.3) is 0 Å². The number of methoxy groups -OCH3 is 1. The molecule has 0 amide bonds. The van der Waals surface area contributed by atoms with Crippen LogP contribution in [0.25, 0.3) is 0 Å². The second-order valence-electron chi connectivity index (χ2n) is 5.50. The van der Waals surface area contributed by atoms with Gasteiger partial charge in [0.05, 0.1) is 30.1 Å². The van der Waals surface area contributed by atoms with Crippen LogP contribution in [0.2, 0.25) is 0 Å². The Morgan fingerprint density at radius 2 is 1.95 bits per heavy atom. The highest BCUT2D eigenvalue weighted by Crippen LogP contribution is 2.25. The van der Waals surface area contributed by atoms with Gasteiger partial charge in [0.15, 0.2) is 0 Å². The first-order valence-corrected chi connectivity index (χ1v) is 8.29. The van der Waals surface area contributed by atoms with E-state index in [0.29, 0.717) is 24.4 Å². The molecule has 0 spiro atoms. The quantitative estimate of drug-likeness (QED) is 0.646. The molecule has 0 atom stereocenters. The Hall–Kier alpha value is -0.870. The smallest absolute Gasteiger partial charge is 0.131 e. The highest BCUT2D eigenvalue weighted by molar-refractivity contribution is 6.17. The van der Waals surface area contributed by atoms with Gasteiger partial charge in [-0.05, 0) is 12.8 Å². The molecular weight excluding hydrogens is 286 g/mol.